The van der Waals surface area contributed by atoms with Crippen LogP contribution in [0.3, 0.4) is 0 Å². The number of hydrogen-bond donors (Lipinski definition) is 0. The molecule has 54 valence electrons. The number of aryl methyl sites for hydroxylation is 1. The van der Waals surface area contributed by atoms with Gasteiger partial charge in [-0.15, -0.1) is 0 Å². The molecule has 1 aromatic heterocycles. The second-order valence-corrected chi connectivity index (χ2v) is 2.73. The van der Waals surface area contributed by atoms with Crippen molar-refractivity contribution < 1.29 is 0 Å². The third-order valence-corrected chi connectivity index (χ3v) is 1.57. The minimum atomic E-state index is 0.551. The van der Waals surface area contributed by atoms with E-state index in [-0.39, 0.29) is 0 Å². The molecule has 0 aliphatic heterocycles. The van der Waals surface area contributed by atoms with Gasteiger partial charge in [0.1, 0.15) is 0 Å². The smallest absolute Gasteiger partial charge is 0.0634 e. The number of hydrogen-bond acceptors (Lipinski definition) is 2. The molecule has 1 heterocycles. The molecule has 0 radical (unpaired) electrons. The van der Waals surface area contributed by atoms with E-state index < -0.39 is 0 Å². The summed E-state index contributed by atoms with van der Waals surface area (Å²) in [7, 11) is 0. The van der Waals surface area contributed by atoms with E-state index in [4.69, 9.17) is 0 Å². The van der Waals surface area contributed by atoms with Gasteiger partial charge in [-0.25, -0.2) is 0 Å². The molecule has 0 atom stereocenters. The van der Waals surface area contributed by atoms with E-state index in [9.17, 15) is 0 Å². The average molecular weight is 136 g/mol. The Kier molecular flexibility index (Phi) is 2.00. The van der Waals surface area contributed by atoms with Crippen molar-refractivity contribution in [3.05, 3.63) is 23.5 Å². The lowest BCUT2D eigenvalue weighted by molar-refractivity contribution is 0.819. The molecule has 0 aliphatic rings. The molecule has 0 amide bonds. The van der Waals surface area contributed by atoms with Crippen LogP contribution in [-0.2, 0) is 0 Å². The third kappa shape index (κ3) is 1.32. The van der Waals surface area contributed by atoms with Crippen molar-refractivity contribution in [3.63, 3.8) is 0 Å². The van der Waals surface area contributed by atoms with Crippen LogP contribution in [0.1, 0.15) is 31.0 Å². The zero-order valence-electron chi connectivity index (χ0n) is 6.63. The summed E-state index contributed by atoms with van der Waals surface area (Å²) in [5, 5.41) is 7.73. The average Bonchev–Trinajstić information content (AvgIpc) is 1.88. The summed E-state index contributed by atoms with van der Waals surface area (Å²) in [6, 6.07) is 2.02. The van der Waals surface area contributed by atoms with Crippen LogP contribution < -0.4 is 0 Å². The first-order valence-corrected chi connectivity index (χ1v) is 3.50. The number of rotatable bonds is 1. The Morgan fingerprint density at radius 2 is 2.10 bits per heavy atom. The van der Waals surface area contributed by atoms with E-state index in [0.717, 1.165) is 5.69 Å². The highest BCUT2D eigenvalue weighted by Crippen LogP contribution is 2.14. The first kappa shape index (κ1) is 7.19. The highest BCUT2D eigenvalue weighted by atomic mass is 15.1. The zero-order valence-corrected chi connectivity index (χ0v) is 6.63. The monoisotopic (exact) mass is 136 g/mol. The second kappa shape index (κ2) is 2.78. The predicted molar refractivity (Wildman–Crippen MR) is 40.9 cm³/mol. The summed E-state index contributed by atoms with van der Waals surface area (Å²) in [5.41, 5.74) is 2.33. The molecule has 1 aromatic rings. The molecule has 2 heteroatoms. The Hall–Kier alpha value is -0.920. The Balaban J connectivity index is 3.03. The van der Waals surface area contributed by atoms with E-state index in [1.54, 1.807) is 6.20 Å². The molecule has 0 aromatic carbocycles. The lowest BCUT2D eigenvalue weighted by atomic mass is 10.0. The maximum Gasteiger partial charge on any atom is 0.0634 e. The molecule has 0 saturated carbocycles. The molecule has 0 aliphatic carbocycles. The van der Waals surface area contributed by atoms with Crippen molar-refractivity contribution in [2.45, 2.75) is 26.7 Å². The van der Waals surface area contributed by atoms with E-state index >= 15 is 0 Å². The largest absolute Gasteiger partial charge is 0.159 e. The molecule has 0 saturated heterocycles. The van der Waals surface area contributed by atoms with Gasteiger partial charge in [0.25, 0.3) is 0 Å². The van der Waals surface area contributed by atoms with Gasteiger partial charge >= 0.3 is 0 Å². The second-order valence-electron chi connectivity index (χ2n) is 2.73. The van der Waals surface area contributed by atoms with Gasteiger partial charge < -0.3 is 0 Å². The Bertz CT molecular complexity index is 218. The lowest BCUT2D eigenvalue weighted by Crippen LogP contribution is -1.95. The van der Waals surface area contributed by atoms with Crippen LogP contribution in [-0.4, -0.2) is 10.2 Å². The zero-order chi connectivity index (χ0) is 7.56. The minimum absolute atomic E-state index is 0.551. The molecule has 0 N–H and O–H groups in total. The van der Waals surface area contributed by atoms with Crippen LogP contribution in [0, 0.1) is 6.92 Å². The summed E-state index contributed by atoms with van der Waals surface area (Å²) in [6.07, 6.45) is 1.74. The summed E-state index contributed by atoms with van der Waals surface area (Å²) in [6.45, 7) is 6.30. The van der Waals surface area contributed by atoms with Crippen molar-refractivity contribution in [1.82, 2.24) is 10.2 Å². The topological polar surface area (TPSA) is 25.8 Å². The lowest BCUT2D eigenvalue weighted by Gasteiger charge is -2.05. The summed E-state index contributed by atoms with van der Waals surface area (Å²) < 4.78 is 0. The highest BCUT2D eigenvalue weighted by Gasteiger charge is 2.01. The molecule has 2 nitrogen and oxygen atoms in total. The van der Waals surface area contributed by atoms with Gasteiger partial charge in [0.05, 0.1) is 5.69 Å². The van der Waals surface area contributed by atoms with E-state index in [0.29, 0.717) is 5.92 Å². The Labute approximate surface area is 61.3 Å². The molecule has 0 bridgehead atoms. The van der Waals surface area contributed by atoms with Crippen molar-refractivity contribution in [3.8, 4) is 0 Å². The molecule has 0 fully saturated rings. The first-order valence-electron chi connectivity index (χ1n) is 3.50. The number of aromatic nitrogens is 2. The number of nitrogens with zero attached hydrogens (tertiary/aromatic N) is 2. The van der Waals surface area contributed by atoms with Crippen LogP contribution in [0.2, 0.25) is 0 Å². The van der Waals surface area contributed by atoms with Crippen molar-refractivity contribution in [2.24, 2.45) is 0 Å². The van der Waals surface area contributed by atoms with Crippen LogP contribution in [0.4, 0.5) is 0 Å². The van der Waals surface area contributed by atoms with Crippen molar-refractivity contribution in [2.75, 3.05) is 0 Å². The fourth-order valence-electron chi connectivity index (χ4n) is 1.02. The predicted octanol–water partition coefficient (Wildman–Crippen LogP) is 1.91. The fourth-order valence-corrected chi connectivity index (χ4v) is 1.02. The molecular formula is C8H12N2. The molecular weight excluding hydrogens is 124 g/mol. The fraction of sp³-hybridized carbons (Fsp3) is 0.500. The van der Waals surface area contributed by atoms with Crippen LogP contribution in [0.5, 0.6) is 0 Å². The van der Waals surface area contributed by atoms with Gasteiger partial charge in [0.2, 0.25) is 0 Å². The summed E-state index contributed by atoms with van der Waals surface area (Å²) in [4.78, 5) is 0. The molecule has 0 unspecified atom stereocenters. The maximum absolute atomic E-state index is 3.95. The third-order valence-electron chi connectivity index (χ3n) is 1.57. The SMILES string of the molecule is Cc1nnccc1C(C)C. The molecule has 0 spiro atoms. The van der Waals surface area contributed by atoms with Gasteiger partial charge in [-0.2, -0.15) is 10.2 Å². The van der Waals surface area contributed by atoms with Crippen LogP contribution in [0.25, 0.3) is 0 Å². The first-order chi connectivity index (χ1) is 4.72. The summed E-state index contributed by atoms with van der Waals surface area (Å²) in [5.74, 6) is 0.551. The maximum atomic E-state index is 3.95. The minimum Gasteiger partial charge on any atom is -0.159 e. The van der Waals surface area contributed by atoms with E-state index in [2.05, 4.69) is 24.0 Å². The van der Waals surface area contributed by atoms with Crippen molar-refractivity contribution >= 4 is 0 Å². The van der Waals surface area contributed by atoms with E-state index in [1.165, 1.54) is 5.56 Å². The van der Waals surface area contributed by atoms with Gasteiger partial charge in [0, 0.05) is 6.20 Å². The van der Waals surface area contributed by atoms with Gasteiger partial charge in [-0.05, 0) is 24.5 Å². The molecule has 10 heavy (non-hydrogen) atoms. The summed E-state index contributed by atoms with van der Waals surface area (Å²) >= 11 is 0. The highest BCUT2D eigenvalue weighted by molar-refractivity contribution is 5.19. The van der Waals surface area contributed by atoms with Gasteiger partial charge in [-0.1, -0.05) is 13.8 Å². The Morgan fingerprint density at radius 1 is 1.40 bits per heavy atom. The Morgan fingerprint density at radius 3 is 2.50 bits per heavy atom. The van der Waals surface area contributed by atoms with Crippen LogP contribution >= 0.6 is 0 Å². The van der Waals surface area contributed by atoms with Crippen LogP contribution in [0.15, 0.2) is 12.3 Å². The normalized spacial score (nSPS) is 10.4. The van der Waals surface area contributed by atoms with Crippen molar-refractivity contribution in [1.29, 1.82) is 0 Å². The van der Waals surface area contributed by atoms with E-state index in [1.807, 2.05) is 13.0 Å². The van der Waals surface area contributed by atoms with Gasteiger partial charge in [0.15, 0.2) is 0 Å². The quantitative estimate of drug-likeness (QED) is 0.589. The standard InChI is InChI=1S/C8H12N2/c1-6(2)8-4-5-9-10-7(8)3/h4-6H,1-3H3. The molecule has 1 rings (SSSR count). The van der Waals surface area contributed by atoms with Gasteiger partial charge in [-0.3, -0.25) is 0 Å².